The molecule has 0 aliphatic carbocycles. The molecule has 9 heteroatoms. The van der Waals surface area contributed by atoms with Gasteiger partial charge < -0.3 is 10.4 Å². The van der Waals surface area contributed by atoms with Crippen LogP contribution in [-0.4, -0.2) is 49.5 Å². The molecule has 0 radical (unpaired) electrons. The summed E-state index contributed by atoms with van der Waals surface area (Å²) in [4.78, 5) is 28.7. The van der Waals surface area contributed by atoms with Crippen LogP contribution in [0.4, 0.5) is 5.69 Å². The maximum atomic E-state index is 12.5. The van der Waals surface area contributed by atoms with E-state index in [4.69, 9.17) is 0 Å². The SMILES string of the molecule is CCC1(O)C(=O)N(c2cccc(C(=O)NCCn3cncn3)c2)N=C1C. The number of aliphatic hydroxyl groups is 1. The molecule has 1 aliphatic heterocycles. The van der Waals surface area contributed by atoms with Crippen molar-refractivity contribution in [2.45, 2.75) is 32.4 Å². The molecule has 2 N–H and O–H groups in total. The Morgan fingerprint density at radius 1 is 1.38 bits per heavy atom. The molecule has 1 atom stereocenters. The molecule has 0 fully saturated rings. The van der Waals surface area contributed by atoms with E-state index in [2.05, 4.69) is 20.5 Å². The molecule has 2 amide bonds. The maximum absolute atomic E-state index is 12.5. The van der Waals surface area contributed by atoms with Gasteiger partial charge in [0, 0.05) is 12.1 Å². The van der Waals surface area contributed by atoms with E-state index in [0.29, 0.717) is 30.1 Å². The molecular weight excluding hydrogens is 336 g/mol. The summed E-state index contributed by atoms with van der Waals surface area (Å²) in [6, 6.07) is 6.56. The molecule has 2 heterocycles. The Balaban J connectivity index is 1.70. The van der Waals surface area contributed by atoms with Crippen LogP contribution in [0.25, 0.3) is 0 Å². The Bertz CT molecular complexity index is 848. The number of carbonyl (C=O) groups excluding carboxylic acids is 2. The summed E-state index contributed by atoms with van der Waals surface area (Å²) in [5.41, 5.74) is -0.417. The molecule has 0 saturated carbocycles. The third-order valence-electron chi connectivity index (χ3n) is 4.35. The number of nitrogens with zero attached hydrogens (tertiary/aromatic N) is 5. The summed E-state index contributed by atoms with van der Waals surface area (Å²) in [5.74, 6) is -0.786. The highest BCUT2D eigenvalue weighted by Crippen LogP contribution is 2.29. The lowest BCUT2D eigenvalue weighted by Crippen LogP contribution is -2.45. The molecule has 1 aromatic heterocycles. The predicted octanol–water partition coefficient (Wildman–Crippen LogP) is 0.572. The Morgan fingerprint density at radius 3 is 2.85 bits per heavy atom. The molecule has 0 spiro atoms. The zero-order chi connectivity index (χ0) is 18.7. The van der Waals surface area contributed by atoms with Crippen LogP contribution in [0.1, 0.15) is 30.6 Å². The lowest BCUT2D eigenvalue weighted by Gasteiger charge is -2.20. The number of benzene rings is 1. The van der Waals surface area contributed by atoms with E-state index in [1.165, 1.54) is 6.33 Å². The second-order valence-corrected chi connectivity index (χ2v) is 5.98. The van der Waals surface area contributed by atoms with Gasteiger partial charge in [0.05, 0.1) is 17.9 Å². The van der Waals surface area contributed by atoms with E-state index in [1.807, 2.05) is 0 Å². The zero-order valence-electron chi connectivity index (χ0n) is 14.6. The van der Waals surface area contributed by atoms with Crippen molar-refractivity contribution < 1.29 is 14.7 Å². The summed E-state index contributed by atoms with van der Waals surface area (Å²) in [7, 11) is 0. The van der Waals surface area contributed by atoms with Crippen LogP contribution in [0, 0.1) is 0 Å². The standard InChI is InChI=1S/C17H20N6O3/c1-3-17(26)12(2)21-23(16(17)25)14-6-4-5-13(9-14)15(24)19-7-8-22-11-18-10-20-22/h4-6,9-11,26H,3,7-8H2,1-2H3,(H,19,24). The minimum atomic E-state index is -1.59. The Labute approximate surface area is 150 Å². The van der Waals surface area contributed by atoms with Gasteiger partial charge in [0.15, 0.2) is 5.60 Å². The fourth-order valence-corrected chi connectivity index (χ4v) is 2.70. The minimum absolute atomic E-state index is 0.236. The van der Waals surface area contributed by atoms with Crippen molar-refractivity contribution in [3.05, 3.63) is 42.5 Å². The first-order valence-electron chi connectivity index (χ1n) is 8.29. The van der Waals surface area contributed by atoms with Crippen LogP contribution >= 0.6 is 0 Å². The van der Waals surface area contributed by atoms with E-state index in [9.17, 15) is 14.7 Å². The van der Waals surface area contributed by atoms with Gasteiger partial charge in [0.2, 0.25) is 0 Å². The molecule has 26 heavy (non-hydrogen) atoms. The average Bonchev–Trinajstić information content (AvgIpc) is 3.25. The highest BCUT2D eigenvalue weighted by Gasteiger charge is 2.46. The fourth-order valence-electron chi connectivity index (χ4n) is 2.70. The summed E-state index contributed by atoms with van der Waals surface area (Å²) in [5, 5.41) is 22.5. The largest absolute Gasteiger partial charge is 0.374 e. The second-order valence-electron chi connectivity index (χ2n) is 5.98. The number of aromatic nitrogens is 3. The Morgan fingerprint density at radius 2 is 2.19 bits per heavy atom. The molecule has 1 aliphatic rings. The van der Waals surface area contributed by atoms with Crippen molar-refractivity contribution in [1.29, 1.82) is 0 Å². The van der Waals surface area contributed by atoms with Crippen molar-refractivity contribution in [1.82, 2.24) is 20.1 Å². The van der Waals surface area contributed by atoms with Crippen LogP contribution in [-0.2, 0) is 11.3 Å². The quantitative estimate of drug-likeness (QED) is 0.786. The number of carbonyl (C=O) groups is 2. The number of nitrogens with one attached hydrogen (secondary N) is 1. The Hall–Kier alpha value is -3.07. The summed E-state index contributed by atoms with van der Waals surface area (Å²) in [6.07, 6.45) is 3.24. The number of anilines is 1. The van der Waals surface area contributed by atoms with Gasteiger partial charge in [0.25, 0.3) is 11.8 Å². The van der Waals surface area contributed by atoms with Crippen molar-refractivity contribution in [3.63, 3.8) is 0 Å². The van der Waals surface area contributed by atoms with E-state index in [1.54, 1.807) is 49.1 Å². The van der Waals surface area contributed by atoms with Gasteiger partial charge in [-0.25, -0.2) is 4.98 Å². The normalized spacial score (nSPS) is 19.6. The number of hydrogen-bond acceptors (Lipinski definition) is 6. The van der Waals surface area contributed by atoms with Gasteiger partial charge in [-0.1, -0.05) is 13.0 Å². The molecule has 1 unspecified atom stereocenters. The van der Waals surface area contributed by atoms with Crippen LogP contribution in [0.2, 0.25) is 0 Å². The highest BCUT2D eigenvalue weighted by molar-refractivity contribution is 6.21. The molecule has 2 aromatic rings. The van der Waals surface area contributed by atoms with Crippen molar-refractivity contribution >= 4 is 23.2 Å². The monoisotopic (exact) mass is 356 g/mol. The van der Waals surface area contributed by atoms with Gasteiger partial charge in [-0.05, 0) is 31.5 Å². The molecular formula is C17H20N6O3. The van der Waals surface area contributed by atoms with Gasteiger partial charge in [-0.2, -0.15) is 15.2 Å². The van der Waals surface area contributed by atoms with Crippen LogP contribution in [0.15, 0.2) is 42.0 Å². The Kier molecular flexibility index (Phi) is 4.81. The molecule has 3 rings (SSSR count). The van der Waals surface area contributed by atoms with E-state index in [-0.39, 0.29) is 12.3 Å². The first-order valence-corrected chi connectivity index (χ1v) is 8.29. The first-order chi connectivity index (χ1) is 12.5. The van der Waals surface area contributed by atoms with Gasteiger partial charge >= 0.3 is 0 Å². The van der Waals surface area contributed by atoms with Crippen molar-refractivity contribution in [2.24, 2.45) is 5.10 Å². The molecule has 0 bridgehead atoms. The molecule has 1 aromatic carbocycles. The molecule has 9 nitrogen and oxygen atoms in total. The van der Waals surface area contributed by atoms with Gasteiger partial charge in [-0.15, -0.1) is 0 Å². The molecule has 136 valence electrons. The number of hydrogen-bond donors (Lipinski definition) is 2. The third kappa shape index (κ3) is 3.21. The average molecular weight is 356 g/mol. The van der Waals surface area contributed by atoms with Crippen LogP contribution in [0.5, 0.6) is 0 Å². The number of hydrazone groups is 1. The topological polar surface area (TPSA) is 113 Å². The second kappa shape index (κ2) is 7.04. The third-order valence-corrected chi connectivity index (χ3v) is 4.35. The lowest BCUT2D eigenvalue weighted by atomic mass is 9.95. The van der Waals surface area contributed by atoms with E-state index >= 15 is 0 Å². The summed E-state index contributed by atoms with van der Waals surface area (Å²) < 4.78 is 1.61. The van der Waals surface area contributed by atoms with E-state index < -0.39 is 11.5 Å². The van der Waals surface area contributed by atoms with Gasteiger partial charge in [0.1, 0.15) is 12.7 Å². The smallest absolute Gasteiger partial charge is 0.285 e. The lowest BCUT2D eigenvalue weighted by molar-refractivity contribution is -0.129. The zero-order valence-corrected chi connectivity index (χ0v) is 14.6. The van der Waals surface area contributed by atoms with Gasteiger partial charge in [-0.3, -0.25) is 14.3 Å². The maximum Gasteiger partial charge on any atom is 0.285 e. The van der Waals surface area contributed by atoms with E-state index in [0.717, 1.165) is 5.01 Å². The van der Waals surface area contributed by atoms with Crippen LogP contribution < -0.4 is 10.3 Å². The summed E-state index contributed by atoms with van der Waals surface area (Å²) in [6.45, 7) is 4.23. The summed E-state index contributed by atoms with van der Waals surface area (Å²) >= 11 is 0. The van der Waals surface area contributed by atoms with Crippen LogP contribution in [0.3, 0.4) is 0 Å². The first kappa shape index (κ1) is 17.7. The molecule has 0 saturated heterocycles. The number of amides is 2. The number of rotatable bonds is 6. The highest BCUT2D eigenvalue weighted by atomic mass is 16.3. The predicted molar refractivity (Wildman–Crippen MR) is 94.6 cm³/mol. The van der Waals surface area contributed by atoms with Crippen molar-refractivity contribution in [2.75, 3.05) is 11.6 Å². The van der Waals surface area contributed by atoms with Crippen molar-refractivity contribution in [3.8, 4) is 0 Å². The minimum Gasteiger partial charge on any atom is -0.374 e. The fraction of sp³-hybridized carbons (Fsp3) is 0.353.